The molecule has 182 valence electrons. The van der Waals surface area contributed by atoms with Gasteiger partial charge >= 0.3 is 12.7 Å². The first-order valence-corrected chi connectivity index (χ1v) is 10.5. The van der Waals surface area contributed by atoms with Crippen LogP contribution >= 0.6 is 0 Å². The van der Waals surface area contributed by atoms with Crippen molar-refractivity contribution >= 4 is 0 Å². The number of benzene rings is 2. The van der Waals surface area contributed by atoms with Crippen molar-refractivity contribution in [2.24, 2.45) is 5.92 Å². The lowest BCUT2D eigenvalue weighted by Gasteiger charge is -2.29. The number of ether oxygens (including phenoxy) is 2. The summed E-state index contributed by atoms with van der Waals surface area (Å²) in [5.74, 6) is -8.95. The fraction of sp³-hybridized carbons (Fsp3) is 0.478. The van der Waals surface area contributed by atoms with Crippen molar-refractivity contribution in [3.63, 3.8) is 0 Å². The van der Waals surface area contributed by atoms with Crippen molar-refractivity contribution in [3.05, 3.63) is 58.7 Å². The van der Waals surface area contributed by atoms with E-state index in [1.165, 1.54) is 0 Å². The molecule has 33 heavy (non-hydrogen) atoms. The second-order valence-electron chi connectivity index (χ2n) is 8.08. The van der Waals surface area contributed by atoms with Gasteiger partial charge in [0.25, 0.3) is 0 Å². The highest BCUT2D eigenvalue weighted by molar-refractivity contribution is 5.36. The SMILES string of the molecule is CCCC1CCC(c2cc(F)c(C(F)(F)Oc3cc(F)c(OC(F)F)c(F)c3)c(F)c2)CC1. The van der Waals surface area contributed by atoms with Crippen LogP contribution in [0, 0.1) is 29.2 Å². The third-order valence-electron chi connectivity index (χ3n) is 5.80. The third kappa shape index (κ3) is 5.89. The van der Waals surface area contributed by atoms with Crippen LogP contribution in [0.25, 0.3) is 0 Å². The number of alkyl halides is 4. The standard InChI is InChI=1S/C23H22F8O2/c1-2-3-12-4-6-13(7-5-12)14-8-16(24)20(17(25)9-14)23(30,31)33-15-10-18(26)21(19(27)11-15)32-22(28)29/h8-13,22H,2-7H2,1H3. The van der Waals surface area contributed by atoms with Crippen LogP contribution in [0.3, 0.4) is 0 Å². The van der Waals surface area contributed by atoms with E-state index < -0.39 is 53.1 Å². The Bertz CT molecular complexity index is 925. The Morgan fingerprint density at radius 2 is 1.42 bits per heavy atom. The summed E-state index contributed by atoms with van der Waals surface area (Å²) in [6, 6.07) is 1.93. The predicted molar refractivity (Wildman–Crippen MR) is 103 cm³/mol. The van der Waals surface area contributed by atoms with Gasteiger partial charge < -0.3 is 9.47 Å². The number of rotatable bonds is 8. The minimum Gasteiger partial charge on any atom is -0.429 e. The van der Waals surface area contributed by atoms with Gasteiger partial charge in [0.05, 0.1) is 0 Å². The van der Waals surface area contributed by atoms with E-state index >= 15 is 0 Å². The van der Waals surface area contributed by atoms with Crippen molar-refractivity contribution in [1.29, 1.82) is 0 Å². The number of hydrogen-bond acceptors (Lipinski definition) is 2. The largest absolute Gasteiger partial charge is 0.432 e. The molecule has 0 atom stereocenters. The van der Waals surface area contributed by atoms with Crippen LogP contribution in [-0.2, 0) is 6.11 Å². The Morgan fingerprint density at radius 1 is 0.879 bits per heavy atom. The van der Waals surface area contributed by atoms with E-state index in [9.17, 15) is 35.1 Å². The first-order chi connectivity index (χ1) is 15.5. The summed E-state index contributed by atoms with van der Waals surface area (Å²) in [5, 5.41) is 0. The molecule has 0 saturated heterocycles. The molecule has 0 aromatic heterocycles. The first kappa shape index (κ1) is 25.1. The minimum absolute atomic E-state index is 0.146. The molecule has 10 heteroatoms. The van der Waals surface area contributed by atoms with Crippen molar-refractivity contribution in [1.82, 2.24) is 0 Å². The topological polar surface area (TPSA) is 18.5 Å². The first-order valence-electron chi connectivity index (χ1n) is 10.5. The second-order valence-corrected chi connectivity index (χ2v) is 8.08. The maximum absolute atomic E-state index is 14.6. The number of hydrogen-bond donors (Lipinski definition) is 0. The minimum atomic E-state index is -4.64. The van der Waals surface area contributed by atoms with E-state index in [0.717, 1.165) is 37.8 Å². The normalized spacial score (nSPS) is 19.1. The predicted octanol–water partition coefficient (Wildman–Crippen LogP) is 8.05. The molecule has 0 N–H and O–H groups in total. The summed E-state index contributed by atoms with van der Waals surface area (Å²) < 4.78 is 118. The highest BCUT2D eigenvalue weighted by atomic mass is 19.3. The molecule has 0 unspecified atom stereocenters. The molecule has 2 nitrogen and oxygen atoms in total. The molecule has 0 radical (unpaired) electrons. The molecule has 0 amide bonds. The zero-order valence-corrected chi connectivity index (χ0v) is 17.6. The Kier molecular flexibility index (Phi) is 7.74. The molecular formula is C23H22F8O2. The van der Waals surface area contributed by atoms with Crippen LogP contribution in [0.15, 0.2) is 24.3 Å². The van der Waals surface area contributed by atoms with Crippen molar-refractivity contribution in [3.8, 4) is 11.5 Å². The van der Waals surface area contributed by atoms with Gasteiger partial charge in [-0.3, -0.25) is 0 Å². The maximum atomic E-state index is 14.6. The molecule has 1 aliphatic carbocycles. The van der Waals surface area contributed by atoms with Gasteiger partial charge in [-0.1, -0.05) is 19.8 Å². The van der Waals surface area contributed by atoms with Gasteiger partial charge in [-0.2, -0.15) is 17.6 Å². The van der Waals surface area contributed by atoms with Crippen LogP contribution in [0.4, 0.5) is 35.1 Å². The molecule has 2 aromatic rings. The van der Waals surface area contributed by atoms with E-state index in [0.29, 0.717) is 18.8 Å². The van der Waals surface area contributed by atoms with Gasteiger partial charge in [0.1, 0.15) is 22.9 Å². The van der Waals surface area contributed by atoms with Crippen LogP contribution in [0.5, 0.6) is 11.5 Å². The smallest absolute Gasteiger partial charge is 0.429 e. The van der Waals surface area contributed by atoms with E-state index in [4.69, 9.17) is 0 Å². The summed E-state index contributed by atoms with van der Waals surface area (Å²) in [6.45, 7) is -1.49. The van der Waals surface area contributed by atoms with Gasteiger partial charge in [-0.25, -0.2) is 17.6 Å². The van der Waals surface area contributed by atoms with E-state index in [-0.39, 0.29) is 23.6 Å². The zero-order chi connectivity index (χ0) is 24.3. The zero-order valence-electron chi connectivity index (χ0n) is 17.6. The van der Waals surface area contributed by atoms with Crippen molar-refractivity contribution in [2.75, 3.05) is 0 Å². The Labute approximate surface area is 185 Å². The molecule has 3 rings (SSSR count). The van der Waals surface area contributed by atoms with E-state index in [1.807, 2.05) is 0 Å². The fourth-order valence-electron chi connectivity index (χ4n) is 4.30. The molecule has 1 saturated carbocycles. The lowest BCUT2D eigenvalue weighted by atomic mass is 9.77. The Balaban J connectivity index is 1.81. The average molecular weight is 482 g/mol. The Hall–Kier alpha value is -2.52. The molecule has 0 bridgehead atoms. The quantitative estimate of drug-likeness (QED) is 0.355. The molecule has 0 spiro atoms. The summed E-state index contributed by atoms with van der Waals surface area (Å²) in [4.78, 5) is 0. The highest BCUT2D eigenvalue weighted by Crippen LogP contribution is 2.41. The van der Waals surface area contributed by atoms with Gasteiger partial charge in [-0.15, -0.1) is 0 Å². The van der Waals surface area contributed by atoms with Crippen LogP contribution < -0.4 is 9.47 Å². The van der Waals surface area contributed by atoms with Gasteiger partial charge in [-0.05, 0) is 55.2 Å². The van der Waals surface area contributed by atoms with Crippen LogP contribution in [0.2, 0.25) is 0 Å². The van der Waals surface area contributed by atoms with Gasteiger partial charge in [0, 0.05) is 12.1 Å². The lowest BCUT2D eigenvalue weighted by Crippen LogP contribution is -2.26. The van der Waals surface area contributed by atoms with Crippen molar-refractivity contribution in [2.45, 2.75) is 64.1 Å². The summed E-state index contributed by atoms with van der Waals surface area (Å²) in [6.07, 6.45) is 0.584. The van der Waals surface area contributed by atoms with Gasteiger partial charge in [0.2, 0.25) is 0 Å². The number of halogens is 8. The highest BCUT2D eigenvalue weighted by Gasteiger charge is 2.42. The maximum Gasteiger partial charge on any atom is 0.432 e. The van der Waals surface area contributed by atoms with E-state index in [2.05, 4.69) is 16.4 Å². The second kappa shape index (κ2) is 10.2. The lowest BCUT2D eigenvalue weighted by molar-refractivity contribution is -0.189. The van der Waals surface area contributed by atoms with Gasteiger partial charge in [0.15, 0.2) is 17.4 Å². The molecule has 0 heterocycles. The summed E-state index contributed by atoms with van der Waals surface area (Å²) >= 11 is 0. The third-order valence-corrected chi connectivity index (χ3v) is 5.80. The molecule has 0 aliphatic heterocycles. The fourth-order valence-corrected chi connectivity index (χ4v) is 4.30. The van der Waals surface area contributed by atoms with Crippen molar-refractivity contribution < 1.29 is 44.6 Å². The summed E-state index contributed by atoms with van der Waals surface area (Å²) in [5.41, 5.74) is -1.47. The van der Waals surface area contributed by atoms with E-state index in [1.54, 1.807) is 0 Å². The van der Waals surface area contributed by atoms with Crippen LogP contribution in [-0.4, -0.2) is 6.61 Å². The molecule has 1 aliphatic rings. The summed E-state index contributed by atoms with van der Waals surface area (Å²) in [7, 11) is 0. The molecule has 2 aromatic carbocycles. The monoisotopic (exact) mass is 482 g/mol. The molecule has 1 fully saturated rings. The molecular weight excluding hydrogens is 460 g/mol. The Morgan fingerprint density at radius 3 is 1.91 bits per heavy atom. The van der Waals surface area contributed by atoms with Crippen LogP contribution in [0.1, 0.15) is 62.5 Å². The average Bonchev–Trinajstić information content (AvgIpc) is 2.70.